The van der Waals surface area contributed by atoms with E-state index in [0.717, 1.165) is 19.3 Å². The Kier molecular flexibility index (Phi) is 4.04. The molecule has 0 bridgehead atoms. The molecule has 1 saturated carbocycles. The predicted octanol–water partition coefficient (Wildman–Crippen LogP) is 1.61. The summed E-state index contributed by atoms with van der Waals surface area (Å²) < 4.78 is 5.32. The zero-order valence-corrected chi connectivity index (χ0v) is 10.9. The molecule has 1 fully saturated rings. The van der Waals surface area contributed by atoms with Gasteiger partial charge in [0, 0.05) is 7.11 Å². The maximum Gasteiger partial charge on any atom is 0.271 e. The van der Waals surface area contributed by atoms with Crippen molar-refractivity contribution in [3.8, 4) is 0 Å². The van der Waals surface area contributed by atoms with E-state index in [9.17, 15) is 4.79 Å². The molecule has 1 aliphatic rings. The molecule has 5 nitrogen and oxygen atoms in total. The van der Waals surface area contributed by atoms with E-state index >= 15 is 0 Å². The minimum absolute atomic E-state index is 0.0156. The van der Waals surface area contributed by atoms with E-state index in [-0.39, 0.29) is 29.6 Å². The van der Waals surface area contributed by atoms with Gasteiger partial charge in [-0.2, -0.15) is 0 Å². The Bertz CT molecular complexity index is 453. The van der Waals surface area contributed by atoms with E-state index in [4.69, 9.17) is 22.1 Å². The van der Waals surface area contributed by atoms with Crippen molar-refractivity contribution < 1.29 is 9.53 Å². The van der Waals surface area contributed by atoms with Crippen LogP contribution in [0, 0.1) is 0 Å². The number of nitrogen functional groups attached to an aromatic ring is 1. The van der Waals surface area contributed by atoms with Crippen LogP contribution < -0.4 is 11.1 Å². The van der Waals surface area contributed by atoms with Crippen molar-refractivity contribution in [2.24, 2.45) is 0 Å². The standard InChI is InChI=1S/C12H16ClN3O2/c1-18-9-4-2-3-8(9)15-12(17)11-7(13)5-6-10(14)16-11/h5-6,8-9H,2-4H2,1H3,(H2,14,16)(H,15,17). The SMILES string of the molecule is COC1CCCC1NC(=O)c1nc(N)ccc1Cl. The molecule has 2 unspecified atom stereocenters. The van der Waals surface area contributed by atoms with Crippen LogP contribution in [0.15, 0.2) is 12.1 Å². The molecule has 2 atom stereocenters. The van der Waals surface area contributed by atoms with Gasteiger partial charge >= 0.3 is 0 Å². The second-order valence-electron chi connectivity index (χ2n) is 4.35. The molecule has 1 aromatic rings. The van der Waals surface area contributed by atoms with Crippen molar-refractivity contribution >= 4 is 23.3 Å². The number of carbonyl (C=O) groups excluding carboxylic acids is 1. The molecule has 6 heteroatoms. The summed E-state index contributed by atoms with van der Waals surface area (Å²) in [6.07, 6.45) is 2.97. The van der Waals surface area contributed by atoms with Crippen LogP contribution in [0.5, 0.6) is 0 Å². The largest absolute Gasteiger partial charge is 0.384 e. The van der Waals surface area contributed by atoms with Crippen LogP contribution in [0.2, 0.25) is 5.02 Å². The third-order valence-electron chi connectivity index (χ3n) is 3.15. The molecule has 1 heterocycles. The van der Waals surface area contributed by atoms with E-state index in [1.807, 2.05) is 0 Å². The second kappa shape index (κ2) is 5.54. The predicted molar refractivity (Wildman–Crippen MR) is 69.6 cm³/mol. The fourth-order valence-corrected chi connectivity index (χ4v) is 2.42. The maximum atomic E-state index is 12.1. The van der Waals surface area contributed by atoms with Gasteiger partial charge in [0.1, 0.15) is 11.5 Å². The van der Waals surface area contributed by atoms with Crippen molar-refractivity contribution in [3.05, 3.63) is 22.8 Å². The number of ether oxygens (including phenoxy) is 1. The van der Waals surface area contributed by atoms with Crippen LogP contribution >= 0.6 is 11.6 Å². The fourth-order valence-electron chi connectivity index (χ4n) is 2.23. The monoisotopic (exact) mass is 269 g/mol. The smallest absolute Gasteiger partial charge is 0.271 e. The molecular weight excluding hydrogens is 254 g/mol. The van der Waals surface area contributed by atoms with Gasteiger partial charge in [-0.15, -0.1) is 0 Å². The number of pyridine rings is 1. The molecular formula is C12H16ClN3O2. The highest BCUT2D eigenvalue weighted by molar-refractivity contribution is 6.33. The quantitative estimate of drug-likeness (QED) is 0.874. The summed E-state index contributed by atoms with van der Waals surface area (Å²) in [5, 5.41) is 3.20. The first-order valence-corrected chi connectivity index (χ1v) is 6.25. The zero-order chi connectivity index (χ0) is 13.1. The molecule has 0 aromatic carbocycles. The summed E-state index contributed by atoms with van der Waals surface area (Å²) in [6.45, 7) is 0. The van der Waals surface area contributed by atoms with Crippen molar-refractivity contribution in [1.82, 2.24) is 10.3 Å². The number of amides is 1. The fraction of sp³-hybridized carbons (Fsp3) is 0.500. The maximum absolute atomic E-state index is 12.1. The van der Waals surface area contributed by atoms with Gasteiger partial charge in [-0.3, -0.25) is 4.79 Å². The van der Waals surface area contributed by atoms with Crippen molar-refractivity contribution in [1.29, 1.82) is 0 Å². The number of hydrogen-bond acceptors (Lipinski definition) is 4. The molecule has 0 spiro atoms. The average molecular weight is 270 g/mol. The summed E-state index contributed by atoms with van der Waals surface area (Å²) in [6, 6.07) is 3.15. The van der Waals surface area contributed by atoms with Gasteiger partial charge in [0.2, 0.25) is 0 Å². The second-order valence-corrected chi connectivity index (χ2v) is 4.76. The van der Waals surface area contributed by atoms with Gasteiger partial charge in [0.15, 0.2) is 0 Å². The van der Waals surface area contributed by atoms with Gasteiger partial charge in [0.25, 0.3) is 5.91 Å². The Hall–Kier alpha value is -1.33. The lowest BCUT2D eigenvalue weighted by molar-refractivity contribution is 0.0719. The number of nitrogens with zero attached hydrogens (tertiary/aromatic N) is 1. The number of hydrogen-bond donors (Lipinski definition) is 2. The van der Waals surface area contributed by atoms with Gasteiger partial charge in [-0.05, 0) is 31.4 Å². The van der Waals surface area contributed by atoms with Crippen molar-refractivity contribution in [2.45, 2.75) is 31.4 Å². The number of carbonyl (C=O) groups is 1. The minimum Gasteiger partial charge on any atom is -0.384 e. The zero-order valence-electron chi connectivity index (χ0n) is 10.1. The van der Waals surface area contributed by atoms with E-state index < -0.39 is 0 Å². The average Bonchev–Trinajstić information content (AvgIpc) is 2.79. The third-order valence-corrected chi connectivity index (χ3v) is 3.46. The number of aromatic nitrogens is 1. The van der Waals surface area contributed by atoms with Crippen LogP contribution in [-0.2, 0) is 4.74 Å². The first kappa shape index (κ1) is 13.1. The van der Waals surface area contributed by atoms with Crippen molar-refractivity contribution in [3.63, 3.8) is 0 Å². The molecule has 98 valence electrons. The number of halogens is 1. The summed E-state index contributed by atoms with van der Waals surface area (Å²) in [5.74, 6) is -0.0273. The molecule has 18 heavy (non-hydrogen) atoms. The number of rotatable bonds is 3. The number of nitrogens with two attached hydrogens (primary N) is 1. The molecule has 1 aromatic heterocycles. The third kappa shape index (κ3) is 2.73. The number of anilines is 1. The van der Waals surface area contributed by atoms with Gasteiger partial charge in [-0.1, -0.05) is 11.6 Å². The van der Waals surface area contributed by atoms with Gasteiger partial charge < -0.3 is 15.8 Å². The van der Waals surface area contributed by atoms with E-state index in [0.29, 0.717) is 5.02 Å². The van der Waals surface area contributed by atoms with Crippen LogP contribution in [0.3, 0.4) is 0 Å². The first-order chi connectivity index (χ1) is 8.61. The minimum atomic E-state index is -0.304. The summed E-state index contributed by atoms with van der Waals surface area (Å²) in [5.41, 5.74) is 5.72. The lowest BCUT2D eigenvalue weighted by Gasteiger charge is -2.19. The molecule has 2 rings (SSSR count). The summed E-state index contributed by atoms with van der Waals surface area (Å²) in [4.78, 5) is 16.0. The molecule has 0 aliphatic heterocycles. The van der Waals surface area contributed by atoms with Crippen LogP contribution in [0.1, 0.15) is 29.8 Å². The number of methoxy groups -OCH3 is 1. The van der Waals surface area contributed by atoms with E-state index in [2.05, 4.69) is 10.3 Å². The van der Waals surface area contributed by atoms with Gasteiger partial charge in [-0.25, -0.2) is 4.98 Å². The molecule has 3 N–H and O–H groups in total. The Morgan fingerprint density at radius 1 is 1.56 bits per heavy atom. The Morgan fingerprint density at radius 2 is 2.33 bits per heavy atom. The van der Waals surface area contributed by atoms with E-state index in [1.54, 1.807) is 19.2 Å². The lowest BCUT2D eigenvalue weighted by Crippen LogP contribution is -2.41. The first-order valence-electron chi connectivity index (χ1n) is 5.87. The Morgan fingerprint density at radius 3 is 3.06 bits per heavy atom. The molecule has 0 radical (unpaired) electrons. The Labute approximate surface area is 111 Å². The lowest BCUT2D eigenvalue weighted by atomic mass is 10.2. The van der Waals surface area contributed by atoms with Crippen LogP contribution in [0.4, 0.5) is 5.82 Å². The van der Waals surface area contributed by atoms with Gasteiger partial charge in [0.05, 0.1) is 17.2 Å². The molecule has 1 amide bonds. The Balaban J connectivity index is 2.09. The molecule has 0 saturated heterocycles. The van der Waals surface area contributed by atoms with Crippen LogP contribution in [0.25, 0.3) is 0 Å². The van der Waals surface area contributed by atoms with E-state index in [1.165, 1.54) is 0 Å². The molecule has 1 aliphatic carbocycles. The topological polar surface area (TPSA) is 77.2 Å². The summed E-state index contributed by atoms with van der Waals surface area (Å²) >= 11 is 5.94. The summed E-state index contributed by atoms with van der Waals surface area (Å²) in [7, 11) is 1.65. The normalized spacial score (nSPS) is 23.0. The highest BCUT2D eigenvalue weighted by Gasteiger charge is 2.29. The van der Waals surface area contributed by atoms with Crippen molar-refractivity contribution in [2.75, 3.05) is 12.8 Å². The highest BCUT2D eigenvalue weighted by atomic mass is 35.5. The number of nitrogens with one attached hydrogen (secondary N) is 1. The van der Waals surface area contributed by atoms with Crippen LogP contribution in [-0.4, -0.2) is 30.1 Å². The highest BCUT2D eigenvalue weighted by Crippen LogP contribution is 2.22.